The Morgan fingerprint density at radius 2 is 1.91 bits per heavy atom. The molecule has 0 aliphatic rings. The van der Waals surface area contributed by atoms with Crippen molar-refractivity contribution < 1.29 is 14.0 Å². The highest BCUT2D eigenvalue weighted by Crippen LogP contribution is 2.36. The maximum Gasteiger partial charge on any atom is 0.356 e. The average Bonchev–Trinajstić information content (AvgIpc) is 2.41. The minimum absolute atomic E-state index is 0.234. The zero-order valence-corrected chi connectivity index (χ0v) is 15.9. The van der Waals surface area contributed by atoms with E-state index in [2.05, 4.69) is 38.8 Å². The van der Waals surface area contributed by atoms with Gasteiger partial charge in [0.2, 0.25) is 0 Å². The first kappa shape index (κ1) is 18.8. The van der Waals surface area contributed by atoms with Crippen molar-refractivity contribution in [2.24, 2.45) is 0 Å². The van der Waals surface area contributed by atoms with Crippen molar-refractivity contribution in [2.75, 3.05) is 13.7 Å². The molecule has 0 atom stereocenters. The van der Waals surface area contributed by atoms with E-state index in [-0.39, 0.29) is 11.0 Å². The smallest absolute Gasteiger partial charge is 0.356 e. The standard InChI is InChI=1S/C17H29NO3Si/c1-13-11-14(12-15(18-13)16(19)20-5)9-8-10-21-22(6,7)17(2,3)4/h11-12H,8-10H2,1-7H3. The molecule has 1 rings (SSSR count). The summed E-state index contributed by atoms with van der Waals surface area (Å²) < 4.78 is 10.9. The molecule has 0 N–H and O–H groups in total. The van der Waals surface area contributed by atoms with Gasteiger partial charge in [-0.1, -0.05) is 20.8 Å². The highest BCUT2D eigenvalue weighted by molar-refractivity contribution is 6.74. The molecule has 4 nitrogen and oxygen atoms in total. The lowest BCUT2D eigenvalue weighted by Gasteiger charge is -2.36. The van der Waals surface area contributed by atoms with Crippen molar-refractivity contribution in [3.63, 3.8) is 0 Å². The molecule has 0 spiro atoms. The highest BCUT2D eigenvalue weighted by atomic mass is 28.4. The number of rotatable bonds is 6. The van der Waals surface area contributed by atoms with Crippen LogP contribution >= 0.6 is 0 Å². The van der Waals surface area contributed by atoms with Crippen LogP contribution in [0.25, 0.3) is 0 Å². The number of ether oxygens (including phenoxy) is 1. The lowest BCUT2D eigenvalue weighted by atomic mass is 10.1. The normalized spacial score (nSPS) is 12.3. The van der Waals surface area contributed by atoms with Crippen LogP contribution in [0.3, 0.4) is 0 Å². The molecule has 124 valence electrons. The SMILES string of the molecule is COC(=O)c1cc(CCCO[Si](C)(C)C(C)(C)C)cc(C)n1. The Morgan fingerprint density at radius 3 is 2.45 bits per heavy atom. The van der Waals surface area contributed by atoms with Gasteiger partial charge in [0, 0.05) is 12.3 Å². The number of carbonyl (C=O) groups excluding carboxylic acids is 1. The van der Waals surface area contributed by atoms with Crippen LogP contribution < -0.4 is 0 Å². The number of esters is 1. The molecule has 0 unspecified atom stereocenters. The molecule has 1 aromatic heterocycles. The van der Waals surface area contributed by atoms with Gasteiger partial charge in [-0.3, -0.25) is 0 Å². The van der Waals surface area contributed by atoms with Crippen molar-refractivity contribution in [1.82, 2.24) is 4.98 Å². The number of methoxy groups -OCH3 is 1. The largest absolute Gasteiger partial charge is 0.464 e. The summed E-state index contributed by atoms with van der Waals surface area (Å²) in [4.78, 5) is 15.8. The third-order valence-electron chi connectivity index (χ3n) is 4.29. The molecule has 0 bridgehead atoms. The molecule has 1 aromatic rings. The van der Waals surface area contributed by atoms with E-state index < -0.39 is 8.32 Å². The molecule has 22 heavy (non-hydrogen) atoms. The predicted octanol–water partition coefficient (Wildman–Crippen LogP) is 4.13. The second-order valence-corrected chi connectivity index (χ2v) is 12.0. The van der Waals surface area contributed by atoms with Crippen molar-refractivity contribution in [3.8, 4) is 0 Å². The van der Waals surface area contributed by atoms with E-state index in [0.29, 0.717) is 5.69 Å². The number of aryl methyl sites for hydroxylation is 2. The van der Waals surface area contributed by atoms with Crippen LogP contribution in [0.1, 0.15) is 48.9 Å². The summed E-state index contributed by atoms with van der Waals surface area (Å²) in [5, 5.41) is 0.234. The van der Waals surface area contributed by atoms with Crippen LogP contribution in [-0.2, 0) is 15.6 Å². The monoisotopic (exact) mass is 323 g/mol. The Balaban J connectivity index is 2.59. The van der Waals surface area contributed by atoms with E-state index in [4.69, 9.17) is 9.16 Å². The maximum absolute atomic E-state index is 11.6. The van der Waals surface area contributed by atoms with Crippen LogP contribution in [-0.4, -0.2) is 33.0 Å². The Bertz CT molecular complexity index is 521. The van der Waals surface area contributed by atoms with Crippen LogP contribution in [0, 0.1) is 6.92 Å². The Hall–Kier alpha value is -1.20. The molecule has 0 aliphatic carbocycles. The lowest BCUT2D eigenvalue weighted by molar-refractivity contribution is 0.0593. The van der Waals surface area contributed by atoms with Gasteiger partial charge in [-0.05, 0) is 55.6 Å². The fraction of sp³-hybridized carbons (Fsp3) is 0.647. The molecule has 0 fully saturated rings. The summed E-state index contributed by atoms with van der Waals surface area (Å²) in [7, 11) is -0.301. The third-order valence-corrected chi connectivity index (χ3v) is 8.82. The summed E-state index contributed by atoms with van der Waals surface area (Å²) in [5.74, 6) is -0.387. The van der Waals surface area contributed by atoms with E-state index in [9.17, 15) is 4.79 Å². The van der Waals surface area contributed by atoms with Crippen LogP contribution in [0.5, 0.6) is 0 Å². The van der Waals surface area contributed by atoms with Crippen molar-refractivity contribution in [2.45, 2.75) is 58.7 Å². The zero-order valence-electron chi connectivity index (χ0n) is 14.9. The number of aromatic nitrogens is 1. The topological polar surface area (TPSA) is 48.4 Å². The van der Waals surface area contributed by atoms with Gasteiger partial charge in [0.25, 0.3) is 0 Å². The molecule has 0 saturated carbocycles. The van der Waals surface area contributed by atoms with E-state index >= 15 is 0 Å². The minimum atomic E-state index is -1.68. The second kappa shape index (κ2) is 7.37. The summed E-state index contributed by atoms with van der Waals surface area (Å²) >= 11 is 0. The maximum atomic E-state index is 11.6. The molecule has 0 amide bonds. The van der Waals surface area contributed by atoms with Crippen molar-refractivity contribution in [3.05, 3.63) is 29.1 Å². The van der Waals surface area contributed by atoms with Gasteiger partial charge in [-0.2, -0.15) is 0 Å². The number of hydrogen-bond acceptors (Lipinski definition) is 4. The lowest BCUT2D eigenvalue weighted by Crippen LogP contribution is -2.41. The fourth-order valence-corrected chi connectivity index (χ4v) is 3.00. The van der Waals surface area contributed by atoms with E-state index in [1.165, 1.54) is 7.11 Å². The number of carbonyl (C=O) groups is 1. The van der Waals surface area contributed by atoms with Gasteiger partial charge >= 0.3 is 5.97 Å². The molecule has 0 radical (unpaired) electrons. The molecule has 0 aliphatic heterocycles. The molecule has 0 saturated heterocycles. The number of nitrogens with zero attached hydrogens (tertiary/aromatic N) is 1. The molecule has 0 aromatic carbocycles. The quantitative estimate of drug-likeness (QED) is 0.449. The van der Waals surface area contributed by atoms with Gasteiger partial charge in [-0.25, -0.2) is 9.78 Å². The second-order valence-electron chi connectivity index (χ2n) is 7.21. The Kier molecular flexibility index (Phi) is 6.32. The molecule has 5 heteroatoms. The van der Waals surface area contributed by atoms with Gasteiger partial charge < -0.3 is 9.16 Å². The molecular weight excluding hydrogens is 294 g/mol. The molecule has 1 heterocycles. The first-order chi connectivity index (χ1) is 10.1. The number of hydrogen-bond donors (Lipinski definition) is 0. The van der Waals surface area contributed by atoms with E-state index in [1.807, 2.05) is 19.1 Å². The minimum Gasteiger partial charge on any atom is -0.464 e. The van der Waals surface area contributed by atoms with Crippen LogP contribution in [0.4, 0.5) is 0 Å². The van der Waals surface area contributed by atoms with E-state index in [1.54, 1.807) is 0 Å². The molecular formula is C17H29NO3Si. The summed E-state index contributed by atoms with van der Waals surface area (Å²) in [6.07, 6.45) is 1.82. The zero-order chi connectivity index (χ0) is 17.0. The summed E-state index contributed by atoms with van der Waals surface area (Å²) in [5.41, 5.74) is 2.32. The van der Waals surface area contributed by atoms with Gasteiger partial charge in [0.15, 0.2) is 8.32 Å². The predicted molar refractivity (Wildman–Crippen MR) is 91.8 cm³/mol. The van der Waals surface area contributed by atoms with Gasteiger partial charge in [0.1, 0.15) is 5.69 Å². The van der Waals surface area contributed by atoms with E-state index in [0.717, 1.165) is 30.7 Å². The van der Waals surface area contributed by atoms with Crippen molar-refractivity contribution in [1.29, 1.82) is 0 Å². The van der Waals surface area contributed by atoms with Crippen LogP contribution in [0.2, 0.25) is 18.1 Å². The fourth-order valence-electron chi connectivity index (χ4n) is 1.91. The summed E-state index contributed by atoms with van der Waals surface area (Å²) in [6.45, 7) is 13.9. The Morgan fingerprint density at radius 1 is 1.27 bits per heavy atom. The first-order valence-electron chi connectivity index (χ1n) is 7.76. The summed E-state index contributed by atoms with van der Waals surface area (Å²) in [6, 6.07) is 3.82. The first-order valence-corrected chi connectivity index (χ1v) is 10.7. The number of pyridine rings is 1. The van der Waals surface area contributed by atoms with Crippen LogP contribution in [0.15, 0.2) is 12.1 Å². The average molecular weight is 324 g/mol. The van der Waals surface area contributed by atoms with Gasteiger partial charge in [-0.15, -0.1) is 0 Å². The Labute approximate surface area is 135 Å². The van der Waals surface area contributed by atoms with Gasteiger partial charge in [0.05, 0.1) is 7.11 Å². The highest BCUT2D eigenvalue weighted by Gasteiger charge is 2.36. The third kappa shape index (κ3) is 5.21. The van der Waals surface area contributed by atoms with Crippen molar-refractivity contribution >= 4 is 14.3 Å².